The highest BCUT2D eigenvalue weighted by Gasteiger charge is 2.23. The minimum absolute atomic E-state index is 0.0216. The number of halogens is 1. The molecule has 0 N–H and O–H groups in total. The van der Waals surface area contributed by atoms with Gasteiger partial charge in [-0.05, 0) is 54.4 Å². The Kier molecular flexibility index (Phi) is 8.89. The number of rotatable bonds is 9. The Hall–Kier alpha value is -3.29. The number of nitrogens with zero attached hydrogens (tertiary/aromatic N) is 4. The molecule has 0 bridgehead atoms. The van der Waals surface area contributed by atoms with Crippen molar-refractivity contribution in [3.8, 4) is 0 Å². The highest BCUT2D eigenvalue weighted by Crippen LogP contribution is 2.25. The second-order valence-electron chi connectivity index (χ2n) is 9.82. The van der Waals surface area contributed by atoms with Crippen molar-refractivity contribution in [1.82, 2.24) is 14.5 Å². The van der Waals surface area contributed by atoms with Gasteiger partial charge in [0.25, 0.3) is 11.5 Å². The molecule has 5 rings (SSSR count). The number of aromatic nitrogens is 2. The van der Waals surface area contributed by atoms with E-state index in [-0.39, 0.29) is 11.5 Å². The molecule has 4 aromatic rings. The van der Waals surface area contributed by atoms with E-state index in [0.717, 1.165) is 37.9 Å². The zero-order valence-electron chi connectivity index (χ0n) is 22.2. The van der Waals surface area contributed by atoms with Crippen LogP contribution >= 0.6 is 23.4 Å². The largest absolute Gasteiger partial charge is 0.368 e. The van der Waals surface area contributed by atoms with E-state index < -0.39 is 0 Å². The van der Waals surface area contributed by atoms with Gasteiger partial charge in [0.2, 0.25) is 0 Å². The molecule has 1 aliphatic rings. The Bertz CT molecular complexity index is 1500. The fraction of sp³-hybridized carbons (Fsp3) is 0.323. The first kappa shape index (κ1) is 27.3. The molecule has 1 saturated heterocycles. The van der Waals surface area contributed by atoms with Crippen LogP contribution in [0.2, 0.25) is 5.02 Å². The average molecular weight is 561 g/mol. The van der Waals surface area contributed by atoms with Crippen molar-refractivity contribution >= 4 is 45.9 Å². The van der Waals surface area contributed by atoms with Gasteiger partial charge in [0.05, 0.1) is 10.9 Å². The number of amides is 1. The SMILES string of the molecule is CCCCCn1c(SCc2cccc(Cl)c2)nc2cc(C(=O)N3CCN(c4ccccc4)CC3)ccc2c1=O. The summed E-state index contributed by atoms with van der Waals surface area (Å²) in [7, 11) is 0. The van der Waals surface area contributed by atoms with Crippen LogP contribution in [0.4, 0.5) is 5.69 Å². The quantitative estimate of drug-likeness (QED) is 0.133. The summed E-state index contributed by atoms with van der Waals surface area (Å²) < 4.78 is 1.79. The molecule has 1 fully saturated rings. The number of unbranched alkanes of at least 4 members (excludes halogenated alkanes) is 2. The van der Waals surface area contributed by atoms with E-state index in [0.29, 0.717) is 52.0 Å². The van der Waals surface area contributed by atoms with Crippen LogP contribution in [0.3, 0.4) is 0 Å². The van der Waals surface area contributed by atoms with E-state index in [4.69, 9.17) is 16.6 Å². The van der Waals surface area contributed by atoms with E-state index in [1.165, 1.54) is 17.4 Å². The first-order chi connectivity index (χ1) is 19.0. The average Bonchev–Trinajstić information content (AvgIpc) is 2.97. The number of piperazine rings is 1. The van der Waals surface area contributed by atoms with Gasteiger partial charge < -0.3 is 9.80 Å². The maximum absolute atomic E-state index is 13.6. The Balaban J connectivity index is 1.38. The van der Waals surface area contributed by atoms with Gasteiger partial charge in [-0.15, -0.1) is 0 Å². The number of benzene rings is 3. The normalized spacial score (nSPS) is 13.7. The van der Waals surface area contributed by atoms with E-state index in [1.54, 1.807) is 22.8 Å². The Morgan fingerprint density at radius 3 is 2.49 bits per heavy atom. The van der Waals surface area contributed by atoms with Crippen LogP contribution in [0.1, 0.15) is 42.1 Å². The van der Waals surface area contributed by atoms with Crippen LogP contribution in [0.5, 0.6) is 0 Å². The van der Waals surface area contributed by atoms with Crippen molar-refractivity contribution < 1.29 is 4.79 Å². The molecular weight excluding hydrogens is 528 g/mol. The second kappa shape index (κ2) is 12.7. The number of hydrogen-bond acceptors (Lipinski definition) is 5. The molecule has 0 atom stereocenters. The van der Waals surface area contributed by atoms with E-state index >= 15 is 0 Å². The number of carbonyl (C=O) groups excluding carboxylic acids is 1. The third-order valence-electron chi connectivity index (χ3n) is 7.10. The van der Waals surface area contributed by atoms with Gasteiger partial charge in [-0.1, -0.05) is 73.5 Å². The summed E-state index contributed by atoms with van der Waals surface area (Å²) in [5.41, 5.74) is 3.32. The first-order valence-electron chi connectivity index (χ1n) is 13.5. The molecule has 0 unspecified atom stereocenters. The van der Waals surface area contributed by atoms with Crippen LogP contribution in [-0.2, 0) is 12.3 Å². The second-order valence-corrected chi connectivity index (χ2v) is 11.2. The third-order valence-corrected chi connectivity index (χ3v) is 8.38. The van der Waals surface area contributed by atoms with Crippen LogP contribution in [0, 0.1) is 0 Å². The number of hydrogen-bond donors (Lipinski definition) is 0. The Morgan fingerprint density at radius 2 is 1.74 bits per heavy atom. The van der Waals surface area contributed by atoms with Crippen LogP contribution in [-0.4, -0.2) is 46.5 Å². The fourth-order valence-corrected chi connectivity index (χ4v) is 6.11. The van der Waals surface area contributed by atoms with Gasteiger partial charge in [-0.25, -0.2) is 4.98 Å². The molecular formula is C31H33ClN4O2S. The molecule has 0 saturated carbocycles. The van der Waals surface area contributed by atoms with Crippen molar-refractivity contribution in [3.63, 3.8) is 0 Å². The van der Waals surface area contributed by atoms with Crippen LogP contribution in [0.25, 0.3) is 10.9 Å². The van der Waals surface area contributed by atoms with Crippen molar-refractivity contribution in [3.05, 3.63) is 99.3 Å². The summed E-state index contributed by atoms with van der Waals surface area (Å²) in [5.74, 6) is 0.628. The van der Waals surface area contributed by atoms with Gasteiger partial charge in [-0.3, -0.25) is 14.2 Å². The Labute approximate surface area is 238 Å². The molecule has 1 aromatic heterocycles. The molecule has 8 heteroatoms. The minimum atomic E-state index is -0.0554. The molecule has 0 spiro atoms. The van der Waals surface area contributed by atoms with E-state index in [2.05, 4.69) is 24.0 Å². The van der Waals surface area contributed by atoms with Crippen molar-refractivity contribution in [2.75, 3.05) is 31.1 Å². The maximum Gasteiger partial charge on any atom is 0.262 e. The molecule has 1 aliphatic heterocycles. The lowest BCUT2D eigenvalue weighted by molar-refractivity contribution is 0.0747. The van der Waals surface area contributed by atoms with E-state index in [1.807, 2.05) is 47.4 Å². The summed E-state index contributed by atoms with van der Waals surface area (Å²) in [6, 6.07) is 23.3. The zero-order chi connectivity index (χ0) is 27.2. The minimum Gasteiger partial charge on any atom is -0.368 e. The lowest BCUT2D eigenvalue weighted by Crippen LogP contribution is -2.48. The number of carbonyl (C=O) groups is 1. The number of thioether (sulfide) groups is 1. The first-order valence-corrected chi connectivity index (χ1v) is 14.9. The molecule has 6 nitrogen and oxygen atoms in total. The van der Waals surface area contributed by atoms with Gasteiger partial charge in [0, 0.05) is 54.8 Å². The molecule has 0 radical (unpaired) electrons. The monoisotopic (exact) mass is 560 g/mol. The van der Waals surface area contributed by atoms with Gasteiger partial charge >= 0.3 is 0 Å². The highest BCUT2D eigenvalue weighted by molar-refractivity contribution is 7.98. The lowest BCUT2D eigenvalue weighted by atomic mass is 10.1. The number of fused-ring (bicyclic) bond motifs is 1. The summed E-state index contributed by atoms with van der Waals surface area (Å²) in [5, 5.41) is 1.90. The Morgan fingerprint density at radius 1 is 0.949 bits per heavy atom. The summed E-state index contributed by atoms with van der Waals surface area (Å²) in [4.78, 5) is 36.1. The fourth-order valence-electron chi connectivity index (χ4n) is 4.92. The number of para-hydroxylation sites is 1. The summed E-state index contributed by atoms with van der Waals surface area (Å²) in [6.07, 6.45) is 3.04. The van der Waals surface area contributed by atoms with Crippen molar-refractivity contribution in [1.29, 1.82) is 0 Å². The summed E-state index contributed by atoms with van der Waals surface area (Å²) >= 11 is 7.71. The van der Waals surface area contributed by atoms with Crippen LogP contribution in [0.15, 0.2) is 82.7 Å². The standard InChI is InChI=1S/C31H33ClN4O2S/c1-2-3-7-15-36-30(38)27-14-13-24(21-28(27)33-31(36)39-22-23-9-8-10-25(32)20-23)29(37)35-18-16-34(17-19-35)26-11-5-4-6-12-26/h4-6,8-14,20-21H,2-3,7,15-19,22H2,1H3. The predicted octanol–water partition coefficient (Wildman–Crippen LogP) is 6.49. The van der Waals surface area contributed by atoms with Gasteiger partial charge in [0.15, 0.2) is 5.16 Å². The van der Waals surface area contributed by atoms with Gasteiger partial charge in [-0.2, -0.15) is 0 Å². The molecule has 1 amide bonds. The molecule has 3 aromatic carbocycles. The van der Waals surface area contributed by atoms with Gasteiger partial charge in [0.1, 0.15) is 0 Å². The number of anilines is 1. The lowest BCUT2D eigenvalue weighted by Gasteiger charge is -2.36. The smallest absolute Gasteiger partial charge is 0.262 e. The highest BCUT2D eigenvalue weighted by atomic mass is 35.5. The van der Waals surface area contributed by atoms with Crippen molar-refractivity contribution in [2.45, 2.75) is 43.6 Å². The van der Waals surface area contributed by atoms with E-state index in [9.17, 15) is 9.59 Å². The topological polar surface area (TPSA) is 58.4 Å². The maximum atomic E-state index is 13.6. The molecule has 39 heavy (non-hydrogen) atoms. The van der Waals surface area contributed by atoms with Crippen molar-refractivity contribution in [2.24, 2.45) is 0 Å². The molecule has 0 aliphatic carbocycles. The van der Waals surface area contributed by atoms with Crippen LogP contribution < -0.4 is 10.5 Å². The third kappa shape index (κ3) is 6.48. The molecule has 2 heterocycles. The molecule has 202 valence electrons. The predicted molar refractivity (Wildman–Crippen MR) is 161 cm³/mol. The zero-order valence-corrected chi connectivity index (χ0v) is 23.8. The summed E-state index contributed by atoms with van der Waals surface area (Å²) in [6.45, 7) is 5.65.